The van der Waals surface area contributed by atoms with Crippen LogP contribution in [0.2, 0.25) is 0 Å². The van der Waals surface area contributed by atoms with Gasteiger partial charge in [0.1, 0.15) is 0 Å². The molecule has 2 unspecified atom stereocenters. The zero-order chi connectivity index (χ0) is 14.7. The summed E-state index contributed by atoms with van der Waals surface area (Å²) in [5.41, 5.74) is 5.77. The topological polar surface area (TPSA) is 66.6 Å². The summed E-state index contributed by atoms with van der Waals surface area (Å²) in [7, 11) is 3.59. The molecule has 1 saturated carbocycles. The largest absolute Gasteiger partial charge is 0.349 e. The molecule has 2 rings (SSSR count). The zero-order valence-corrected chi connectivity index (χ0v) is 12.7. The van der Waals surface area contributed by atoms with Gasteiger partial charge in [-0.2, -0.15) is 0 Å². The molecule has 1 heterocycles. The fourth-order valence-corrected chi connectivity index (χ4v) is 3.59. The Morgan fingerprint density at radius 2 is 1.80 bits per heavy atom. The second kappa shape index (κ2) is 6.57. The third kappa shape index (κ3) is 3.14. The monoisotopic (exact) mass is 281 g/mol. The first-order valence-corrected chi connectivity index (χ1v) is 7.74. The predicted octanol–water partition coefficient (Wildman–Crippen LogP) is 0.688. The van der Waals surface area contributed by atoms with Crippen molar-refractivity contribution < 1.29 is 9.59 Å². The van der Waals surface area contributed by atoms with Gasteiger partial charge in [-0.25, -0.2) is 0 Å². The van der Waals surface area contributed by atoms with E-state index in [4.69, 9.17) is 5.73 Å². The van der Waals surface area contributed by atoms with Gasteiger partial charge in [-0.05, 0) is 38.1 Å². The van der Waals surface area contributed by atoms with Crippen LogP contribution < -0.4 is 5.73 Å². The Morgan fingerprint density at radius 3 is 2.35 bits per heavy atom. The van der Waals surface area contributed by atoms with Gasteiger partial charge in [-0.3, -0.25) is 9.59 Å². The minimum absolute atomic E-state index is 0.0860. The third-order valence-corrected chi connectivity index (χ3v) is 4.88. The number of carbonyl (C=O) groups excluding carboxylic acids is 2. The van der Waals surface area contributed by atoms with Crippen molar-refractivity contribution in [3.63, 3.8) is 0 Å². The van der Waals surface area contributed by atoms with E-state index in [1.165, 1.54) is 0 Å². The molecule has 0 aromatic rings. The van der Waals surface area contributed by atoms with E-state index < -0.39 is 0 Å². The molecule has 1 aliphatic carbocycles. The van der Waals surface area contributed by atoms with Crippen molar-refractivity contribution in [3.8, 4) is 0 Å². The quantitative estimate of drug-likeness (QED) is 0.827. The summed E-state index contributed by atoms with van der Waals surface area (Å²) in [5.74, 6) is 1.04. The zero-order valence-electron chi connectivity index (χ0n) is 12.7. The van der Waals surface area contributed by atoms with E-state index in [2.05, 4.69) is 0 Å². The van der Waals surface area contributed by atoms with Crippen LogP contribution in [-0.2, 0) is 9.59 Å². The third-order valence-electron chi connectivity index (χ3n) is 4.88. The number of carbonyl (C=O) groups is 2. The molecule has 0 aromatic heterocycles. The summed E-state index contributed by atoms with van der Waals surface area (Å²) in [6, 6.07) is 0. The molecule has 0 radical (unpaired) electrons. The molecule has 2 atom stereocenters. The van der Waals surface area contributed by atoms with Crippen LogP contribution in [0.25, 0.3) is 0 Å². The SMILES string of the molecule is CN(C)C(=O)C1CCN(C(=O)C2CCCC2CN)CC1. The smallest absolute Gasteiger partial charge is 0.226 e. The van der Waals surface area contributed by atoms with E-state index in [0.717, 1.165) is 45.2 Å². The summed E-state index contributed by atoms with van der Waals surface area (Å²) in [5, 5.41) is 0. The number of nitrogens with zero attached hydrogens (tertiary/aromatic N) is 2. The van der Waals surface area contributed by atoms with Gasteiger partial charge in [0.15, 0.2) is 0 Å². The highest BCUT2D eigenvalue weighted by molar-refractivity contribution is 5.81. The molecule has 114 valence electrons. The lowest BCUT2D eigenvalue weighted by atomic mass is 9.91. The Balaban J connectivity index is 1.87. The molecule has 0 spiro atoms. The van der Waals surface area contributed by atoms with Gasteiger partial charge in [0.05, 0.1) is 0 Å². The van der Waals surface area contributed by atoms with Crippen molar-refractivity contribution in [3.05, 3.63) is 0 Å². The van der Waals surface area contributed by atoms with E-state index in [1.807, 2.05) is 4.90 Å². The molecule has 2 amide bonds. The standard InChI is InChI=1S/C15H27N3O2/c1-17(2)14(19)11-6-8-18(9-7-11)15(20)13-5-3-4-12(13)10-16/h11-13H,3-10,16H2,1-2H3. The molecule has 2 N–H and O–H groups in total. The van der Waals surface area contributed by atoms with Crippen LogP contribution in [0.5, 0.6) is 0 Å². The maximum atomic E-state index is 12.6. The highest BCUT2D eigenvalue weighted by atomic mass is 16.2. The van der Waals surface area contributed by atoms with Gasteiger partial charge in [0.2, 0.25) is 11.8 Å². The number of amides is 2. The summed E-state index contributed by atoms with van der Waals surface area (Å²) < 4.78 is 0. The molecule has 5 heteroatoms. The number of rotatable bonds is 3. The van der Waals surface area contributed by atoms with E-state index in [9.17, 15) is 9.59 Å². The first-order chi connectivity index (χ1) is 9.54. The van der Waals surface area contributed by atoms with Gasteiger partial charge in [-0.1, -0.05) is 6.42 Å². The Kier molecular flexibility index (Phi) is 5.02. The van der Waals surface area contributed by atoms with Crippen LogP contribution in [0.3, 0.4) is 0 Å². The molecule has 2 aliphatic rings. The first-order valence-electron chi connectivity index (χ1n) is 7.74. The molecule has 1 aliphatic heterocycles. The lowest BCUT2D eigenvalue weighted by Crippen LogP contribution is -2.46. The van der Waals surface area contributed by atoms with Gasteiger partial charge in [-0.15, -0.1) is 0 Å². The number of hydrogen-bond acceptors (Lipinski definition) is 3. The minimum Gasteiger partial charge on any atom is -0.349 e. The van der Waals surface area contributed by atoms with Crippen molar-refractivity contribution in [1.29, 1.82) is 0 Å². The normalized spacial score (nSPS) is 27.6. The summed E-state index contributed by atoms with van der Waals surface area (Å²) >= 11 is 0. The molecular formula is C15H27N3O2. The molecule has 20 heavy (non-hydrogen) atoms. The van der Waals surface area contributed by atoms with E-state index in [1.54, 1.807) is 19.0 Å². The van der Waals surface area contributed by atoms with Crippen LogP contribution in [0, 0.1) is 17.8 Å². The van der Waals surface area contributed by atoms with Gasteiger partial charge in [0, 0.05) is 39.0 Å². The fraction of sp³-hybridized carbons (Fsp3) is 0.867. The first kappa shape index (κ1) is 15.3. The fourth-order valence-electron chi connectivity index (χ4n) is 3.59. The number of hydrogen-bond donors (Lipinski definition) is 1. The average Bonchev–Trinajstić information content (AvgIpc) is 2.94. The second-order valence-corrected chi connectivity index (χ2v) is 6.37. The van der Waals surface area contributed by atoms with Gasteiger partial charge >= 0.3 is 0 Å². The predicted molar refractivity (Wildman–Crippen MR) is 77.9 cm³/mol. The maximum Gasteiger partial charge on any atom is 0.226 e. The van der Waals surface area contributed by atoms with Crippen molar-refractivity contribution in [1.82, 2.24) is 9.80 Å². The number of piperidine rings is 1. The van der Waals surface area contributed by atoms with Crippen molar-refractivity contribution in [2.24, 2.45) is 23.5 Å². The van der Waals surface area contributed by atoms with E-state index in [0.29, 0.717) is 12.5 Å². The summed E-state index contributed by atoms with van der Waals surface area (Å²) in [4.78, 5) is 28.1. The lowest BCUT2D eigenvalue weighted by molar-refractivity contribution is -0.142. The molecular weight excluding hydrogens is 254 g/mol. The lowest BCUT2D eigenvalue weighted by Gasteiger charge is -2.34. The van der Waals surface area contributed by atoms with Crippen LogP contribution in [-0.4, -0.2) is 55.3 Å². The maximum absolute atomic E-state index is 12.6. The number of nitrogens with two attached hydrogens (primary N) is 1. The van der Waals surface area contributed by atoms with Crippen LogP contribution in [0.15, 0.2) is 0 Å². The highest BCUT2D eigenvalue weighted by Gasteiger charge is 2.36. The second-order valence-electron chi connectivity index (χ2n) is 6.37. The minimum atomic E-state index is 0.0860. The van der Waals surface area contributed by atoms with Gasteiger partial charge < -0.3 is 15.5 Å². The Hall–Kier alpha value is -1.10. The van der Waals surface area contributed by atoms with Gasteiger partial charge in [0.25, 0.3) is 0 Å². The van der Waals surface area contributed by atoms with Crippen LogP contribution in [0.1, 0.15) is 32.1 Å². The Bertz CT molecular complexity index is 362. The summed E-state index contributed by atoms with van der Waals surface area (Å²) in [6.45, 7) is 2.06. The van der Waals surface area contributed by atoms with Crippen molar-refractivity contribution in [2.75, 3.05) is 33.7 Å². The van der Waals surface area contributed by atoms with Crippen molar-refractivity contribution in [2.45, 2.75) is 32.1 Å². The molecule has 2 fully saturated rings. The van der Waals surface area contributed by atoms with Crippen molar-refractivity contribution >= 4 is 11.8 Å². The van der Waals surface area contributed by atoms with E-state index in [-0.39, 0.29) is 23.7 Å². The molecule has 0 aromatic carbocycles. The van der Waals surface area contributed by atoms with E-state index >= 15 is 0 Å². The van der Waals surface area contributed by atoms with Crippen LogP contribution in [0.4, 0.5) is 0 Å². The van der Waals surface area contributed by atoms with Crippen LogP contribution >= 0.6 is 0 Å². The molecule has 0 bridgehead atoms. The average molecular weight is 281 g/mol. The number of likely N-dealkylation sites (tertiary alicyclic amines) is 1. The Labute approximate surface area is 121 Å². The molecule has 1 saturated heterocycles. The highest BCUT2D eigenvalue weighted by Crippen LogP contribution is 2.33. The Morgan fingerprint density at radius 1 is 1.15 bits per heavy atom. The summed E-state index contributed by atoms with van der Waals surface area (Å²) in [6.07, 6.45) is 4.78. The molecule has 5 nitrogen and oxygen atoms in total.